The second kappa shape index (κ2) is 6.79. The molecule has 21 heavy (non-hydrogen) atoms. The van der Waals surface area contributed by atoms with Crippen LogP contribution in [0.2, 0.25) is 0 Å². The maximum absolute atomic E-state index is 9.92. The minimum atomic E-state index is -1.70. The van der Waals surface area contributed by atoms with Crippen molar-refractivity contribution in [3.63, 3.8) is 0 Å². The molecule has 10 heteroatoms. The van der Waals surface area contributed by atoms with E-state index in [-0.39, 0.29) is 0 Å². The molecule has 2 rings (SSSR count). The first kappa shape index (κ1) is 17.0. The summed E-state index contributed by atoms with van der Waals surface area (Å²) in [5.41, 5.74) is 0. The summed E-state index contributed by atoms with van der Waals surface area (Å²) < 4.78 is 15.0. The minimum Gasteiger partial charge on any atom is -0.394 e. The quantitative estimate of drug-likeness (QED) is 0.267. The van der Waals surface area contributed by atoms with E-state index in [1.807, 2.05) is 0 Å². The standard InChI is InChI=1S/C11H20O10/c12-1-3-5(14)7(16)11(20-3)21-9-6(15)4(2-13)19-10(18)8(9)17/h3-18H,1-2H2/t3-,4-,5-,6-,7+,8-,9+,10-,11-/m1/s1. The first-order valence-corrected chi connectivity index (χ1v) is 6.49. The van der Waals surface area contributed by atoms with Crippen molar-refractivity contribution in [3.8, 4) is 0 Å². The molecule has 2 aliphatic heterocycles. The lowest BCUT2D eigenvalue weighted by Gasteiger charge is -2.41. The summed E-state index contributed by atoms with van der Waals surface area (Å²) in [6.45, 7) is -1.18. The summed E-state index contributed by atoms with van der Waals surface area (Å²) >= 11 is 0. The van der Waals surface area contributed by atoms with Gasteiger partial charge in [0.1, 0.15) is 42.7 Å². The molecule has 0 amide bonds. The normalized spacial score (nSPS) is 51.3. The molecule has 0 bridgehead atoms. The van der Waals surface area contributed by atoms with Gasteiger partial charge in [-0.05, 0) is 0 Å². The predicted molar refractivity (Wildman–Crippen MR) is 62.6 cm³/mol. The van der Waals surface area contributed by atoms with Crippen molar-refractivity contribution in [3.05, 3.63) is 0 Å². The van der Waals surface area contributed by atoms with Crippen LogP contribution in [0.15, 0.2) is 0 Å². The zero-order valence-electron chi connectivity index (χ0n) is 11.0. The van der Waals surface area contributed by atoms with Gasteiger partial charge >= 0.3 is 0 Å². The smallest absolute Gasteiger partial charge is 0.187 e. The lowest BCUT2D eigenvalue weighted by Crippen LogP contribution is -2.60. The van der Waals surface area contributed by atoms with Crippen LogP contribution in [0.25, 0.3) is 0 Å². The Morgan fingerprint density at radius 3 is 1.81 bits per heavy atom. The third-order valence-electron chi connectivity index (χ3n) is 3.63. The molecule has 0 aromatic rings. The van der Waals surface area contributed by atoms with Crippen molar-refractivity contribution in [1.29, 1.82) is 0 Å². The Bertz CT molecular complexity index is 341. The molecular weight excluding hydrogens is 292 g/mol. The molecule has 2 saturated heterocycles. The van der Waals surface area contributed by atoms with E-state index in [4.69, 9.17) is 24.4 Å². The van der Waals surface area contributed by atoms with Gasteiger partial charge in [-0.1, -0.05) is 0 Å². The van der Waals surface area contributed by atoms with E-state index in [2.05, 4.69) is 0 Å². The SMILES string of the molecule is OC[C@H]1O[C@H](O[C@@H]2[C@@H](O)[C@H](O)O[C@H](CO)[C@H]2O)[C@@H](O)[C@@H]1O. The predicted octanol–water partition coefficient (Wildman–Crippen LogP) is -4.76. The summed E-state index contributed by atoms with van der Waals surface area (Å²) in [7, 11) is 0. The van der Waals surface area contributed by atoms with Gasteiger partial charge in [-0.2, -0.15) is 0 Å². The van der Waals surface area contributed by atoms with Gasteiger partial charge in [0.2, 0.25) is 0 Å². The van der Waals surface area contributed by atoms with Gasteiger partial charge in [0, 0.05) is 0 Å². The topological polar surface area (TPSA) is 169 Å². The van der Waals surface area contributed by atoms with Crippen molar-refractivity contribution in [1.82, 2.24) is 0 Å². The van der Waals surface area contributed by atoms with Crippen LogP contribution >= 0.6 is 0 Å². The molecule has 2 heterocycles. The average molecular weight is 312 g/mol. The summed E-state index contributed by atoms with van der Waals surface area (Å²) in [5.74, 6) is 0. The van der Waals surface area contributed by atoms with E-state index in [9.17, 15) is 25.5 Å². The molecule has 0 aliphatic carbocycles. The summed E-state index contributed by atoms with van der Waals surface area (Å²) in [5, 5.41) is 66.5. The van der Waals surface area contributed by atoms with Gasteiger partial charge in [0.15, 0.2) is 12.6 Å². The van der Waals surface area contributed by atoms with Gasteiger partial charge in [0.25, 0.3) is 0 Å². The van der Waals surface area contributed by atoms with Crippen molar-refractivity contribution in [2.24, 2.45) is 0 Å². The van der Waals surface area contributed by atoms with Crippen molar-refractivity contribution < 1.29 is 50.0 Å². The van der Waals surface area contributed by atoms with Gasteiger partial charge in [-0.3, -0.25) is 0 Å². The zero-order valence-corrected chi connectivity index (χ0v) is 11.0. The highest BCUT2D eigenvalue weighted by molar-refractivity contribution is 4.92. The van der Waals surface area contributed by atoms with Crippen molar-refractivity contribution >= 4 is 0 Å². The van der Waals surface area contributed by atoms with Crippen LogP contribution in [0.4, 0.5) is 0 Å². The largest absolute Gasteiger partial charge is 0.394 e. The zero-order chi connectivity index (χ0) is 15.7. The summed E-state index contributed by atoms with van der Waals surface area (Å²) in [4.78, 5) is 0. The maximum Gasteiger partial charge on any atom is 0.187 e. The summed E-state index contributed by atoms with van der Waals surface area (Å²) in [6.07, 6.45) is -12.8. The molecule has 2 fully saturated rings. The molecule has 7 N–H and O–H groups in total. The molecule has 0 aromatic heterocycles. The number of aliphatic hydroxyl groups excluding tert-OH is 7. The third kappa shape index (κ3) is 3.19. The van der Waals surface area contributed by atoms with E-state index in [1.165, 1.54) is 0 Å². The Labute approximate surface area is 119 Å². The molecule has 9 atom stereocenters. The van der Waals surface area contributed by atoms with E-state index in [0.717, 1.165) is 0 Å². The molecule has 0 aromatic carbocycles. The van der Waals surface area contributed by atoms with Crippen LogP contribution in [0.5, 0.6) is 0 Å². The molecule has 0 spiro atoms. The highest BCUT2D eigenvalue weighted by Gasteiger charge is 2.50. The van der Waals surface area contributed by atoms with Crippen LogP contribution in [-0.4, -0.2) is 104 Å². The number of hydrogen-bond acceptors (Lipinski definition) is 10. The van der Waals surface area contributed by atoms with Crippen LogP contribution in [-0.2, 0) is 14.2 Å². The maximum atomic E-state index is 9.92. The van der Waals surface area contributed by atoms with Gasteiger partial charge in [-0.15, -0.1) is 0 Å². The Hall–Kier alpha value is -0.400. The molecule has 0 radical (unpaired) electrons. The molecular formula is C11H20O10. The fourth-order valence-electron chi connectivity index (χ4n) is 2.36. The van der Waals surface area contributed by atoms with E-state index in [0.29, 0.717) is 0 Å². The van der Waals surface area contributed by atoms with Gasteiger partial charge in [-0.25, -0.2) is 0 Å². The second-order valence-electron chi connectivity index (χ2n) is 5.04. The van der Waals surface area contributed by atoms with E-state index in [1.54, 1.807) is 0 Å². The molecule has 0 saturated carbocycles. The monoisotopic (exact) mass is 312 g/mol. The minimum absolute atomic E-state index is 0.557. The van der Waals surface area contributed by atoms with Crippen molar-refractivity contribution in [2.75, 3.05) is 13.2 Å². The van der Waals surface area contributed by atoms with Gasteiger partial charge in [0.05, 0.1) is 13.2 Å². The molecule has 124 valence electrons. The number of rotatable bonds is 4. The lowest BCUT2D eigenvalue weighted by molar-refractivity contribution is -0.321. The Morgan fingerprint density at radius 1 is 0.714 bits per heavy atom. The van der Waals surface area contributed by atoms with Crippen LogP contribution < -0.4 is 0 Å². The fourth-order valence-corrected chi connectivity index (χ4v) is 2.36. The summed E-state index contributed by atoms with van der Waals surface area (Å²) in [6, 6.07) is 0. The Balaban J connectivity index is 2.06. The Kier molecular flexibility index (Phi) is 5.48. The molecule has 10 nitrogen and oxygen atoms in total. The number of ether oxygens (including phenoxy) is 3. The van der Waals surface area contributed by atoms with E-state index >= 15 is 0 Å². The third-order valence-corrected chi connectivity index (χ3v) is 3.63. The Morgan fingerprint density at radius 2 is 1.29 bits per heavy atom. The number of hydrogen-bond donors (Lipinski definition) is 7. The first-order chi connectivity index (χ1) is 9.90. The fraction of sp³-hybridized carbons (Fsp3) is 1.00. The van der Waals surface area contributed by atoms with Crippen LogP contribution in [0.3, 0.4) is 0 Å². The van der Waals surface area contributed by atoms with Crippen LogP contribution in [0, 0.1) is 0 Å². The van der Waals surface area contributed by atoms with Crippen molar-refractivity contribution in [2.45, 2.75) is 55.3 Å². The van der Waals surface area contributed by atoms with Gasteiger partial charge < -0.3 is 50.0 Å². The second-order valence-corrected chi connectivity index (χ2v) is 5.04. The number of aliphatic hydroxyl groups is 7. The molecule has 0 unspecified atom stereocenters. The average Bonchev–Trinajstić information content (AvgIpc) is 2.74. The van der Waals surface area contributed by atoms with E-state index < -0.39 is 68.5 Å². The molecule has 2 aliphatic rings. The van der Waals surface area contributed by atoms with Crippen LogP contribution in [0.1, 0.15) is 0 Å². The lowest BCUT2D eigenvalue weighted by atomic mass is 9.99. The highest BCUT2D eigenvalue weighted by Crippen LogP contribution is 2.28. The first-order valence-electron chi connectivity index (χ1n) is 6.49. The highest BCUT2D eigenvalue weighted by atomic mass is 16.7.